The van der Waals surface area contributed by atoms with Crippen LogP contribution in [0.15, 0.2) is 170 Å². The van der Waals surface area contributed by atoms with Gasteiger partial charge in [0.05, 0.1) is 46.0 Å². The Morgan fingerprint density at radius 3 is 0.733 bits per heavy atom. The van der Waals surface area contributed by atoms with Crippen molar-refractivity contribution in [2.75, 3.05) is 9.80 Å². The van der Waals surface area contributed by atoms with Crippen molar-refractivity contribution in [1.82, 2.24) is 9.97 Å². The normalized spacial score (nSPS) is 13.9. The summed E-state index contributed by atoms with van der Waals surface area (Å²) < 4.78 is 28.9. The molecule has 0 radical (unpaired) electrons. The summed E-state index contributed by atoms with van der Waals surface area (Å²) in [5.41, 5.74) is 4.73. The van der Waals surface area contributed by atoms with Gasteiger partial charge in [0, 0.05) is 55.5 Å². The molecule has 0 atom stereocenters. The molecule has 4 amide bonds. The van der Waals surface area contributed by atoms with Gasteiger partial charge in [0.25, 0.3) is 23.6 Å². The van der Waals surface area contributed by atoms with Crippen LogP contribution in [0.3, 0.4) is 0 Å². The first-order valence-corrected chi connectivity index (χ1v) is 28.9. The fourth-order valence-corrected chi connectivity index (χ4v) is 11.9. The number of aromatic nitrogens is 2. The molecule has 2 aromatic heterocycles. The smallest absolute Gasteiger partial charge is 0.266 e. The Hall–Kier alpha value is -9.94. The molecule has 86 heavy (non-hydrogen) atoms. The van der Waals surface area contributed by atoms with Gasteiger partial charge in [-0.05, 0) is 141 Å². The number of imide groups is 2. The van der Waals surface area contributed by atoms with Crippen molar-refractivity contribution in [3.63, 3.8) is 0 Å². The maximum atomic E-state index is 15.7. The van der Waals surface area contributed by atoms with Crippen LogP contribution in [0.4, 0.5) is 11.4 Å². The van der Waals surface area contributed by atoms with E-state index in [9.17, 15) is 0 Å². The number of ether oxygens (including phenoxy) is 4. The molecule has 0 spiro atoms. The highest BCUT2D eigenvalue weighted by molar-refractivity contribution is 6.48. The summed E-state index contributed by atoms with van der Waals surface area (Å²) in [6.45, 7) is 25.6. The first-order valence-electron chi connectivity index (χ1n) is 28.9. The van der Waals surface area contributed by atoms with Crippen LogP contribution in [0.5, 0.6) is 46.0 Å². The zero-order valence-electron chi connectivity index (χ0n) is 50.2. The standard InChI is InChI=1S/C74H64N4O8/c1-71(2,3)41-17-25-47(26-18-41)83-55-35-51-59-52(68(80)77(67(51)79)45-15-13-33-75-39-45)37-57(85-49-29-21-43(22-30-49)73(7,8)9)63-64-58(86-50-31-23-44(24-32-50)74(10,11)12)38-54-60-53(69(81)78(70(54)82)46-16-14-34-76-40-46)36-56(62(66(60)64)61(55)65(59)63)84-48-27-19-42(20-28-48)72(4,5)6/h13-40H,1-12H3. The summed E-state index contributed by atoms with van der Waals surface area (Å²) in [5, 5.41) is 3.13. The van der Waals surface area contributed by atoms with Gasteiger partial charge in [-0.3, -0.25) is 29.1 Å². The lowest BCUT2D eigenvalue weighted by molar-refractivity contribution is 0.0877. The Kier molecular flexibility index (Phi) is 12.7. The van der Waals surface area contributed by atoms with E-state index >= 15 is 19.2 Å². The SMILES string of the molecule is CC(C)(C)c1ccc(Oc2cc3c4c(cc(Oc5ccc(C(C)(C)C)cc5)c5c6c(Oc7ccc(C(C)(C)C)cc7)cc7c8c(cc(Oc9ccc(C(C)(C)C)cc9)c(c2c45)c86)C(=O)N(c2cccnc2)C7=O)C(=O)N(c2cccnc2)C3=O)cc1. The Balaban J connectivity index is 1.24. The Morgan fingerprint density at radius 1 is 0.302 bits per heavy atom. The van der Waals surface area contributed by atoms with E-state index < -0.39 is 23.6 Å². The zero-order valence-corrected chi connectivity index (χ0v) is 50.2. The number of hydrogen-bond donors (Lipinski definition) is 0. The predicted octanol–water partition coefficient (Wildman–Crippen LogP) is 18.5. The summed E-state index contributed by atoms with van der Waals surface area (Å²) in [4.78, 5) is 73.5. The van der Waals surface area contributed by atoms with Gasteiger partial charge in [-0.25, -0.2) is 9.80 Å². The second-order valence-electron chi connectivity index (χ2n) is 26.5. The molecule has 4 heterocycles. The zero-order chi connectivity index (χ0) is 60.5. The van der Waals surface area contributed by atoms with Gasteiger partial charge in [0.1, 0.15) is 46.0 Å². The maximum absolute atomic E-state index is 15.7. The molecule has 0 unspecified atom stereocenters. The quantitative estimate of drug-likeness (QED) is 0.0739. The molecule has 0 aliphatic carbocycles. The highest BCUT2D eigenvalue weighted by Crippen LogP contribution is 2.58. The third-order valence-electron chi connectivity index (χ3n) is 16.5. The molecule has 0 bridgehead atoms. The highest BCUT2D eigenvalue weighted by atomic mass is 16.5. The van der Waals surface area contributed by atoms with Gasteiger partial charge in [-0.2, -0.15) is 0 Å². The number of fused-ring (bicyclic) bond motifs is 2. The molecule has 0 saturated carbocycles. The number of benzene rings is 9. The largest absolute Gasteiger partial charge is 0.457 e. The highest BCUT2D eigenvalue weighted by Gasteiger charge is 2.42. The van der Waals surface area contributed by atoms with E-state index in [1.807, 2.05) is 97.1 Å². The van der Waals surface area contributed by atoms with E-state index in [4.69, 9.17) is 18.9 Å². The molecule has 11 aromatic rings. The summed E-state index contributed by atoms with van der Waals surface area (Å²) in [6.07, 6.45) is 6.13. The molecule has 0 N–H and O–H groups in total. The van der Waals surface area contributed by atoms with E-state index in [-0.39, 0.29) is 78.3 Å². The molecule has 13 rings (SSSR count). The minimum Gasteiger partial charge on any atom is -0.457 e. The number of rotatable bonds is 10. The number of anilines is 2. The number of nitrogens with zero attached hydrogens (tertiary/aromatic N) is 4. The minimum absolute atomic E-state index is 0.165. The van der Waals surface area contributed by atoms with Crippen LogP contribution in [0.2, 0.25) is 0 Å². The van der Waals surface area contributed by atoms with Crippen LogP contribution in [0, 0.1) is 0 Å². The maximum Gasteiger partial charge on any atom is 0.266 e. The van der Waals surface area contributed by atoms with Gasteiger partial charge >= 0.3 is 0 Å². The number of hydrogen-bond acceptors (Lipinski definition) is 10. The molecule has 428 valence electrons. The summed E-state index contributed by atoms with van der Waals surface area (Å²) in [6, 6.07) is 44.7. The first-order chi connectivity index (χ1) is 40.8. The average molecular weight is 1140 g/mol. The predicted molar refractivity (Wildman–Crippen MR) is 339 cm³/mol. The second kappa shape index (κ2) is 19.8. The topological polar surface area (TPSA) is 137 Å². The lowest BCUT2D eigenvalue weighted by Crippen LogP contribution is -2.40. The fraction of sp³-hybridized carbons (Fsp3) is 0.216. The third-order valence-corrected chi connectivity index (χ3v) is 16.5. The average Bonchev–Trinajstić information content (AvgIpc) is 0.690. The molecule has 2 aliphatic rings. The molecule has 0 fully saturated rings. The second-order valence-corrected chi connectivity index (χ2v) is 26.5. The van der Waals surface area contributed by atoms with E-state index in [0.29, 0.717) is 66.1 Å². The van der Waals surface area contributed by atoms with Crippen LogP contribution in [-0.2, 0) is 21.7 Å². The first kappa shape index (κ1) is 55.3. The van der Waals surface area contributed by atoms with Gasteiger partial charge in [-0.15, -0.1) is 0 Å². The lowest BCUT2D eigenvalue weighted by atomic mass is 9.80. The van der Waals surface area contributed by atoms with Gasteiger partial charge in [0.2, 0.25) is 0 Å². The van der Waals surface area contributed by atoms with Crippen molar-refractivity contribution in [1.29, 1.82) is 0 Å². The summed E-state index contributed by atoms with van der Waals surface area (Å²) in [7, 11) is 0. The summed E-state index contributed by atoms with van der Waals surface area (Å²) in [5.74, 6) is 0.226. The fourth-order valence-electron chi connectivity index (χ4n) is 11.9. The monoisotopic (exact) mass is 1140 g/mol. The third kappa shape index (κ3) is 9.31. The number of carbonyl (C=O) groups excluding carboxylic acids is 4. The van der Waals surface area contributed by atoms with E-state index in [1.54, 1.807) is 60.9 Å². The molecular formula is C74H64N4O8. The van der Waals surface area contributed by atoms with Crippen molar-refractivity contribution in [3.05, 3.63) is 215 Å². The van der Waals surface area contributed by atoms with Crippen LogP contribution in [0.1, 0.15) is 147 Å². The van der Waals surface area contributed by atoms with E-state index in [0.717, 1.165) is 32.1 Å². The number of amides is 4. The molecular weight excluding hydrogens is 1070 g/mol. The molecule has 0 saturated heterocycles. The van der Waals surface area contributed by atoms with Crippen molar-refractivity contribution in [2.45, 2.75) is 105 Å². The molecule has 2 aliphatic heterocycles. The van der Waals surface area contributed by atoms with Gasteiger partial charge in [-0.1, -0.05) is 132 Å². The van der Waals surface area contributed by atoms with Crippen LogP contribution in [-0.4, -0.2) is 33.6 Å². The molecule has 12 nitrogen and oxygen atoms in total. The van der Waals surface area contributed by atoms with Crippen molar-refractivity contribution < 1.29 is 38.1 Å². The Labute approximate surface area is 499 Å². The van der Waals surface area contributed by atoms with Crippen LogP contribution in [0.25, 0.3) is 43.1 Å². The minimum atomic E-state index is -0.610. The lowest BCUT2D eigenvalue weighted by Gasteiger charge is -2.32. The Morgan fingerprint density at radius 2 is 0.535 bits per heavy atom. The Bertz CT molecular complexity index is 4050. The molecule has 9 aromatic carbocycles. The number of carbonyl (C=O) groups is 4. The summed E-state index contributed by atoms with van der Waals surface area (Å²) >= 11 is 0. The number of pyridine rings is 2. The van der Waals surface area contributed by atoms with Crippen LogP contribution < -0.4 is 28.7 Å². The molecule has 12 heteroatoms. The van der Waals surface area contributed by atoms with Crippen molar-refractivity contribution in [2.24, 2.45) is 0 Å². The van der Waals surface area contributed by atoms with E-state index in [2.05, 4.69) is 93.1 Å². The van der Waals surface area contributed by atoms with Gasteiger partial charge < -0.3 is 18.9 Å². The van der Waals surface area contributed by atoms with Crippen LogP contribution >= 0.6 is 0 Å². The van der Waals surface area contributed by atoms with Crippen molar-refractivity contribution >= 4 is 78.1 Å². The van der Waals surface area contributed by atoms with E-state index in [1.165, 1.54) is 12.4 Å². The van der Waals surface area contributed by atoms with Crippen molar-refractivity contribution in [3.8, 4) is 46.0 Å². The van der Waals surface area contributed by atoms with Gasteiger partial charge in [0.15, 0.2) is 0 Å².